The fourth-order valence-corrected chi connectivity index (χ4v) is 3.46. The van der Waals surface area contributed by atoms with Crippen molar-refractivity contribution >= 4 is 11.6 Å². The van der Waals surface area contributed by atoms with Gasteiger partial charge in [-0.2, -0.15) is 0 Å². The predicted molar refractivity (Wildman–Crippen MR) is 92.4 cm³/mol. The average Bonchev–Trinajstić information content (AvgIpc) is 3.06. The Morgan fingerprint density at radius 3 is 2.84 bits per heavy atom. The zero-order valence-electron chi connectivity index (χ0n) is 14.0. The fraction of sp³-hybridized carbons (Fsp3) is 0.333. The van der Waals surface area contributed by atoms with E-state index in [0.29, 0.717) is 23.4 Å². The number of aromatic nitrogens is 4. The van der Waals surface area contributed by atoms with Crippen LogP contribution in [-0.4, -0.2) is 36.9 Å². The van der Waals surface area contributed by atoms with Crippen LogP contribution in [0.25, 0.3) is 5.65 Å². The van der Waals surface area contributed by atoms with Crippen molar-refractivity contribution in [3.63, 3.8) is 0 Å². The lowest BCUT2D eigenvalue weighted by molar-refractivity contribution is 0.0605. The molecule has 1 aliphatic heterocycles. The van der Waals surface area contributed by atoms with E-state index in [0.717, 1.165) is 25.0 Å². The smallest absolute Gasteiger partial charge is 0.272 e. The molecular weight excluding hydrogens is 318 g/mol. The van der Waals surface area contributed by atoms with Crippen LogP contribution < -0.4 is 5.56 Å². The maximum Gasteiger partial charge on any atom is 0.272 e. The molecule has 1 amide bonds. The highest BCUT2D eigenvalue weighted by atomic mass is 16.2. The number of rotatable bonds is 2. The number of H-pyrrole nitrogens is 1. The lowest BCUT2D eigenvalue weighted by Gasteiger charge is -2.35. The van der Waals surface area contributed by atoms with Crippen molar-refractivity contribution in [3.05, 3.63) is 64.0 Å². The first-order valence-electron chi connectivity index (χ1n) is 8.44. The maximum atomic E-state index is 12.9. The fourth-order valence-electron chi connectivity index (χ4n) is 3.46. The van der Waals surface area contributed by atoms with Crippen LogP contribution >= 0.6 is 0 Å². The summed E-state index contributed by atoms with van der Waals surface area (Å²) in [6, 6.07) is 6.74. The van der Waals surface area contributed by atoms with E-state index in [4.69, 9.17) is 0 Å². The number of piperidine rings is 1. The van der Waals surface area contributed by atoms with E-state index in [2.05, 4.69) is 15.1 Å². The van der Waals surface area contributed by atoms with E-state index in [1.54, 1.807) is 31.5 Å². The molecule has 1 saturated heterocycles. The van der Waals surface area contributed by atoms with E-state index in [1.165, 1.54) is 10.6 Å². The van der Waals surface area contributed by atoms with Crippen LogP contribution in [0.5, 0.6) is 0 Å². The van der Waals surface area contributed by atoms with Crippen molar-refractivity contribution in [1.29, 1.82) is 0 Å². The van der Waals surface area contributed by atoms with Gasteiger partial charge in [-0.3, -0.25) is 19.7 Å². The molecule has 0 saturated carbocycles. The van der Waals surface area contributed by atoms with Crippen LogP contribution in [0.2, 0.25) is 0 Å². The highest BCUT2D eigenvalue weighted by Gasteiger charge is 2.30. The monoisotopic (exact) mass is 337 g/mol. The molecule has 0 unspecified atom stereocenters. The molecule has 0 aromatic carbocycles. The Bertz CT molecular complexity index is 976. The highest BCUT2D eigenvalue weighted by Crippen LogP contribution is 2.31. The topological polar surface area (TPSA) is 83.4 Å². The molecule has 0 spiro atoms. The number of pyridine rings is 1. The summed E-state index contributed by atoms with van der Waals surface area (Å²) in [5.41, 5.74) is 2.60. The number of amides is 1. The Morgan fingerprint density at radius 2 is 2.04 bits per heavy atom. The Morgan fingerprint density at radius 1 is 1.24 bits per heavy atom. The van der Waals surface area contributed by atoms with Crippen molar-refractivity contribution in [2.75, 3.05) is 6.54 Å². The zero-order valence-corrected chi connectivity index (χ0v) is 14.0. The second kappa shape index (κ2) is 6.16. The molecule has 1 N–H and O–H groups in total. The molecule has 3 aromatic heterocycles. The number of aryl methyl sites for hydroxylation is 1. The number of hydrogen-bond acceptors (Lipinski definition) is 4. The molecule has 25 heavy (non-hydrogen) atoms. The van der Waals surface area contributed by atoms with Gasteiger partial charge in [0, 0.05) is 42.3 Å². The molecule has 7 heteroatoms. The van der Waals surface area contributed by atoms with E-state index in [-0.39, 0.29) is 17.5 Å². The molecule has 1 aliphatic rings. The summed E-state index contributed by atoms with van der Waals surface area (Å²) in [6.07, 6.45) is 6.13. The molecule has 4 rings (SSSR count). The van der Waals surface area contributed by atoms with Crippen molar-refractivity contribution in [2.45, 2.75) is 32.2 Å². The summed E-state index contributed by atoms with van der Waals surface area (Å²) < 4.78 is 1.44. The quantitative estimate of drug-likeness (QED) is 0.776. The SMILES string of the molecule is Cc1cc(=O)n2[nH]c([C@H]3CCCCN3C(=O)c3ccncc3)cc2n1. The highest BCUT2D eigenvalue weighted by molar-refractivity contribution is 5.94. The van der Waals surface area contributed by atoms with Gasteiger partial charge >= 0.3 is 0 Å². The van der Waals surface area contributed by atoms with Crippen molar-refractivity contribution in [2.24, 2.45) is 0 Å². The van der Waals surface area contributed by atoms with Gasteiger partial charge in [-0.15, -0.1) is 0 Å². The molecular formula is C18H19N5O2. The number of carbonyl (C=O) groups is 1. The largest absolute Gasteiger partial charge is 0.330 e. The summed E-state index contributed by atoms with van der Waals surface area (Å²) >= 11 is 0. The minimum Gasteiger partial charge on any atom is -0.330 e. The number of nitrogens with one attached hydrogen (secondary N) is 1. The first-order valence-corrected chi connectivity index (χ1v) is 8.44. The van der Waals surface area contributed by atoms with Gasteiger partial charge in [0.05, 0.1) is 11.7 Å². The zero-order chi connectivity index (χ0) is 17.4. The van der Waals surface area contributed by atoms with E-state index in [1.807, 2.05) is 11.0 Å². The van der Waals surface area contributed by atoms with Crippen LogP contribution in [0.1, 0.15) is 47.1 Å². The van der Waals surface area contributed by atoms with Crippen LogP contribution in [-0.2, 0) is 0 Å². The number of likely N-dealkylation sites (tertiary alicyclic amines) is 1. The number of hydrogen-bond donors (Lipinski definition) is 1. The first kappa shape index (κ1) is 15.6. The summed E-state index contributed by atoms with van der Waals surface area (Å²) in [5, 5.41) is 3.13. The van der Waals surface area contributed by atoms with Crippen LogP contribution in [0, 0.1) is 6.92 Å². The Kier molecular flexibility index (Phi) is 3.83. The van der Waals surface area contributed by atoms with E-state index < -0.39 is 0 Å². The van der Waals surface area contributed by atoms with E-state index in [9.17, 15) is 9.59 Å². The molecule has 1 atom stereocenters. The average molecular weight is 337 g/mol. The van der Waals surface area contributed by atoms with Gasteiger partial charge in [-0.1, -0.05) is 0 Å². The maximum absolute atomic E-state index is 12.9. The van der Waals surface area contributed by atoms with Crippen molar-refractivity contribution < 1.29 is 4.79 Å². The lowest BCUT2D eigenvalue weighted by Crippen LogP contribution is -2.38. The Labute approximate surface area is 144 Å². The van der Waals surface area contributed by atoms with Gasteiger partial charge in [-0.25, -0.2) is 9.50 Å². The minimum atomic E-state index is -0.142. The third kappa shape index (κ3) is 2.82. The van der Waals surface area contributed by atoms with Gasteiger partial charge in [0.25, 0.3) is 11.5 Å². The minimum absolute atomic E-state index is 0.0118. The molecule has 4 heterocycles. The third-order valence-corrected chi connectivity index (χ3v) is 4.65. The first-order chi connectivity index (χ1) is 12.1. The van der Waals surface area contributed by atoms with Crippen molar-refractivity contribution in [3.8, 4) is 0 Å². The Balaban J connectivity index is 1.73. The second-order valence-electron chi connectivity index (χ2n) is 6.39. The van der Waals surface area contributed by atoms with Gasteiger partial charge in [0.15, 0.2) is 5.65 Å². The number of aromatic amines is 1. The summed E-state index contributed by atoms with van der Waals surface area (Å²) in [6.45, 7) is 2.50. The normalized spacial score (nSPS) is 17.8. The van der Waals surface area contributed by atoms with Crippen LogP contribution in [0.4, 0.5) is 0 Å². The van der Waals surface area contributed by atoms with Gasteiger partial charge in [-0.05, 0) is 38.3 Å². The molecule has 0 aliphatic carbocycles. The van der Waals surface area contributed by atoms with Gasteiger partial charge in [0.2, 0.25) is 0 Å². The molecule has 128 valence electrons. The number of nitrogens with zero attached hydrogens (tertiary/aromatic N) is 4. The summed E-state index contributed by atoms with van der Waals surface area (Å²) in [5.74, 6) is -0.0118. The summed E-state index contributed by atoms with van der Waals surface area (Å²) in [7, 11) is 0. The number of fused-ring (bicyclic) bond motifs is 1. The predicted octanol–water partition coefficient (Wildman–Crippen LogP) is 2.09. The molecule has 1 fully saturated rings. The van der Waals surface area contributed by atoms with Gasteiger partial charge < -0.3 is 4.90 Å². The summed E-state index contributed by atoms with van der Waals surface area (Å²) in [4.78, 5) is 35.3. The second-order valence-corrected chi connectivity index (χ2v) is 6.39. The third-order valence-electron chi connectivity index (χ3n) is 4.65. The van der Waals surface area contributed by atoms with E-state index >= 15 is 0 Å². The van der Waals surface area contributed by atoms with Crippen LogP contribution in [0.15, 0.2) is 41.5 Å². The molecule has 7 nitrogen and oxygen atoms in total. The molecule has 0 radical (unpaired) electrons. The van der Waals surface area contributed by atoms with Crippen LogP contribution in [0.3, 0.4) is 0 Å². The van der Waals surface area contributed by atoms with Gasteiger partial charge in [0.1, 0.15) is 0 Å². The lowest BCUT2D eigenvalue weighted by atomic mass is 9.98. The standard InChI is InChI=1S/C18H19N5O2/c1-12-10-17(24)23-16(20-12)11-14(21-23)15-4-2-3-9-22(15)18(25)13-5-7-19-8-6-13/h5-8,10-11,15,21H,2-4,9H2,1H3/t15-/m1/s1. The van der Waals surface area contributed by atoms with Crippen molar-refractivity contribution in [1.82, 2.24) is 24.5 Å². The number of carbonyl (C=O) groups excluding carboxylic acids is 1. The Hall–Kier alpha value is -2.96. The molecule has 0 bridgehead atoms. The molecule has 3 aromatic rings.